The van der Waals surface area contributed by atoms with Gasteiger partial charge in [0.05, 0.1) is 17.5 Å². The van der Waals surface area contributed by atoms with E-state index in [1.807, 2.05) is 24.4 Å². The lowest BCUT2D eigenvalue weighted by molar-refractivity contribution is -0.117. The summed E-state index contributed by atoms with van der Waals surface area (Å²) in [7, 11) is 0. The lowest BCUT2D eigenvalue weighted by Crippen LogP contribution is -2.13. The minimum Gasteiger partial charge on any atom is -0.326 e. The van der Waals surface area contributed by atoms with Gasteiger partial charge in [-0.2, -0.15) is 5.26 Å². The molecule has 1 atom stereocenters. The Hall–Kier alpha value is -3.03. The summed E-state index contributed by atoms with van der Waals surface area (Å²) in [6, 6.07) is 9.24. The van der Waals surface area contributed by atoms with Crippen LogP contribution in [0, 0.1) is 18.3 Å². The van der Waals surface area contributed by atoms with Crippen LogP contribution in [0.15, 0.2) is 41.1 Å². The molecule has 3 rings (SSSR count). The molecular weight excluding hydrogens is 396 g/mol. The molecule has 1 aromatic carbocycles. The predicted molar refractivity (Wildman–Crippen MR) is 107 cm³/mol. The number of rotatable bonds is 7. The van der Waals surface area contributed by atoms with E-state index < -0.39 is 5.92 Å². The first-order valence-electron chi connectivity index (χ1n) is 8.23. The third-order valence-corrected chi connectivity index (χ3v) is 5.63. The smallest absolute Gasteiger partial charge is 0.221 e. The van der Waals surface area contributed by atoms with Crippen LogP contribution in [-0.2, 0) is 9.59 Å². The first-order chi connectivity index (χ1) is 13.5. The molecule has 3 aromatic rings. The largest absolute Gasteiger partial charge is 0.326 e. The maximum absolute atomic E-state index is 12.5. The Bertz CT molecular complexity index is 1050. The summed E-state index contributed by atoms with van der Waals surface area (Å²) in [5, 5.41) is 22.9. The fourth-order valence-electron chi connectivity index (χ4n) is 2.43. The molecule has 0 saturated carbocycles. The van der Waals surface area contributed by atoms with Crippen molar-refractivity contribution in [3.63, 3.8) is 0 Å². The van der Waals surface area contributed by atoms with Crippen LogP contribution in [0.25, 0.3) is 5.69 Å². The van der Waals surface area contributed by atoms with Crippen molar-refractivity contribution in [1.82, 2.24) is 19.7 Å². The number of aromatic nitrogens is 4. The Morgan fingerprint density at radius 3 is 2.93 bits per heavy atom. The molecule has 8 nitrogen and oxygen atoms in total. The van der Waals surface area contributed by atoms with Crippen molar-refractivity contribution in [3.05, 3.63) is 46.7 Å². The summed E-state index contributed by atoms with van der Waals surface area (Å²) in [5.74, 6) is -1.21. The molecule has 0 bridgehead atoms. The average Bonchev–Trinajstić information content (AvgIpc) is 3.29. The Morgan fingerprint density at radius 2 is 2.25 bits per heavy atom. The lowest BCUT2D eigenvalue weighted by Gasteiger charge is -2.09. The monoisotopic (exact) mass is 412 g/mol. The van der Waals surface area contributed by atoms with Gasteiger partial charge in [-0.05, 0) is 25.1 Å². The van der Waals surface area contributed by atoms with Gasteiger partial charge in [0.2, 0.25) is 5.91 Å². The molecule has 2 heterocycles. The summed E-state index contributed by atoms with van der Waals surface area (Å²) in [4.78, 5) is 28.0. The highest BCUT2D eigenvalue weighted by Crippen LogP contribution is 2.26. The number of amides is 1. The maximum Gasteiger partial charge on any atom is 0.221 e. The molecule has 2 aromatic heterocycles. The van der Waals surface area contributed by atoms with Gasteiger partial charge in [-0.15, -0.1) is 21.5 Å². The molecule has 10 heteroatoms. The third kappa shape index (κ3) is 4.62. The Morgan fingerprint density at radius 1 is 1.43 bits per heavy atom. The van der Waals surface area contributed by atoms with Crippen molar-refractivity contribution in [3.8, 4) is 11.8 Å². The number of thioether (sulfide) groups is 1. The van der Waals surface area contributed by atoms with Gasteiger partial charge in [0, 0.05) is 23.7 Å². The topological polar surface area (TPSA) is 114 Å². The number of ketones is 1. The number of Topliss-reactive ketones (excluding diaryl/α,β-unsaturated/α-hetero) is 1. The van der Waals surface area contributed by atoms with Crippen molar-refractivity contribution in [2.45, 2.75) is 24.9 Å². The fraction of sp³-hybridized carbons (Fsp3) is 0.222. The summed E-state index contributed by atoms with van der Waals surface area (Å²) in [5.41, 5.74) is 2.19. The summed E-state index contributed by atoms with van der Waals surface area (Å²) >= 11 is 2.51. The number of anilines is 1. The van der Waals surface area contributed by atoms with E-state index in [2.05, 4.69) is 20.5 Å². The van der Waals surface area contributed by atoms with E-state index in [1.54, 1.807) is 22.8 Å². The summed E-state index contributed by atoms with van der Waals surface area (Å²) in [6.07, 6.45) is 1.53. The van der Waals surface area contributed by atoms with Gasteiger partial charge in [-0.3, -0.25) is 14.2 Å². The van der Waals surface area contributed by atoms with E-state index in [1.165, 1.54) is 36.3 Å². The number of benzene rings is 1. The van der Waals surface area contributed by atoms with Crippen LogP contribution in [0.5, 0.6) is 0 Å². The average molecular weight is 413 g/mol. The number of nitrogens with zero attached hydrogens (tertiary/aromatic N) is 5. The van der Waals surface area contributed by atoms with Crippen LogP contribution in [0.3, 0.4) is 0 Å². The van der Waals surface area contributed by atoms with Crippen LogP contribution in [-0.4, -0.2) is 37.2 Å². The van der Waals surface area contributed by atoms with Crippen molar-refractivity contribution in [2.75, 3.05) is 11.1 Å². The maximum atomic E-state index is 12.5. The molecule has 0 unspecified atom stereocenters. The van der Waals surface area contributed by atoms with Crippen LogP contribution < -0.4 is 5.32 Å². The van der Waals surface area contributed by atoms with Gasteiger partial charge >= 0.3 is 0 Å². The number of hydrogen-bond donors (Lipinski definition) is 1. The number of carbonyl (C=O) groups excluding carboxylic acids is 2. The van der Waals surface area contributed by atoms with Gasteiger partial charge < -0.3 is 5.32 Å². The normalized spacial score (nSPS) is 11.6. The van der Waals surface area contributed by atoms with Crippen molar-refractivity contribution < 1.29 is 9.59 Å². The zero-order valence-corrected chi connectivity index (χ0v) is 16.8. The predicted octanol–water partition coefficient (Wildman–Crippen LogP) is 2.96. The quantitative estimate of drug-likeness (QED) is 0.593. The molecule has 0 fully saturated rings. The molecule has 1 N–H and O–H groups in total. The number of carbonyl (C=O) groups is 2. The first-order valence-corrected chi connectivity index (χ1v) is 10.1. The number of hydrogen-bond acceptors (Lipinski definition) is 8. The standard InChI is InChI=1S/C18H16N6O2S2/c1-11-8-27-17(21-11)15(7-19)16(26)9-28-18-23-20-10-24(18)14-5-3-4-13(6-14)22-12(2)25/h3-6,8,10,15H,9H2,1-2H3,(H,22,25)/t15-/m0/s1. The van der Waals surface area contributed by atoms with E-state index in [-0.39, 0.29) is 17.4 Å². The van der Waals surface area contributed by atoms with Crippen molar-refractivity contribution in [2.24, 2.45) is 0 Å². The number of thiazole rings is 1. The van der Waals surface area contributed by atoms with Gasteiger partial charge in [0.15, 0.2) is 16.9 Å². The SMILES string of the molecule is CC(=O)Nc1cccc(-n2cnnc2SCC(=O)[C@H](C#N)c2nc(C)cs2)c1. The van der Waals surface area contributed by atoms with Crippen LogP contribution in [0.1, 0.15) is 23.5 Å². The van der Waals surface area contributed by atoms with Gasteiger partial charge in [-0.1, -0.05) is 17.8 Å². The molecular formula is C18H16N6O2S2. The Balaban J connectivity index is 1.73. The Labute approximate surface area is 169 Å². The van der Waals surface area contributed by atoms with Gasteiger partial charge in [0.1, 0.15) is 11.3 Å². The molecule has 142 valence electrons. The van der Waals surface area contributed by atoms with Crippen LogP contribution >= 0.6 is 23.1 Å². The van der Waals surface area contributed by atoms with Crippen LogP contribution in [0.2, 0.25) is 0 Å². The fourth-order valence-corrected chi connectivity index (χ4v) is 4.12. The third-order valence-electron chi connectivity index (χ3n) is 3.64. The van der Waals surface area contributed by atoms with E-state index in [9.17, 15) is 14.9 Å². The lowest BCUT2D eigenvalue weighted by atomic mass is 10.1. The van der Waals surface area contributed by atoms with Gasteiger partial charge in [-0.25, -0.2) is 4.98 Å². The number of nitrogens with one attached hydrogen (secondary N) is 1. The molecule has 0 aliphatic rings. The van der Waals surface area contributed by atoms with E-state index >= 15 is 0 Å². The molecule has 1 amide bonds. The van der Waals surface area contributed by atoms with Crippen molar-refractivity contribution in [1.29, 1.82) is 5.26 Å². The molecule has 0 aliphatic carbocycles. The first kappa shape index (κ1) is 19.7. The number of aryl methyl sites for hydroxylation is 1. The molecule has 0 radical (unpaired) electrons. The van der Waals surface area contributed by atoms with Gasteiger partial charge in [0.25, 0.3) is 0 Å². The molecule has 0 aliphatic heterocycles. The zero-order valence-electron chi connectivity index (χ0n) is 15.1. The minimum absolute atomic E-state index is 0.0704. The second-order valence-electron chi connectivity index (χ2n) is 5.86. The van der Waals surface area contributed by atoms with Crippen molar-refractivity contribution >= 4 is 40.5 Å². The molecule has 28 heavy (non-hydrogen) atoms. The van der Waals surface area contributed by atoms with E-state index in [0.29, 0.717) is 15.9 Å². The zero-order chi connectivity index (χ0) is 20.1. The second-order valence-corrected chi connectivity index (χ2v) is 7.69. The highest BCUT2D eigenvalue weighted by Gasteiger charge is 2.24. The highest BCUT2D eigenvalue weighted by atomic mass is 32.2. The molecule has 0 saturated heterocycles. The summed E-state index contributed by atoms with van der Waals surface area (Å²) < 4.78 is 1.72. The van der Waals surface area contributed by atoms with E-state index in [0.717, 1.165) is 11.4 Å². The summed E-state index contributed by atoms with van der Waals surface area (Å²) in [6.45, 7) is 3.26. The second kappa shape index (κ2) is 8.77. The number of nitriles is 1. The highest BCUT2D eigenvalue weighted by molar-refractivity contribution is 7.99. The Kier molecular flexibility index (Phi) is 6.18. The van der Waals surface area contributed by atoms with Crippen LogP contribution in [0.4, 0.5) is 5.69 Å². The minimum atomic E-state index is -0.884. The molecule has 0 spiro atoms. The van der Waals surface area contributed by atoms with E-state index in [4.69, 9.17) is 0 Å².